The molecule has 9 nitrogen and oxygen atoms in total. The number of phosphoric ester groups is 1. The summed E-state index contributed by atoms with van der Waals surface area (Å²) in [5.41, 5.74) is 0. The highest BCUT2D eigenvalue weighted by atomic mass is 31.2. The molecule has 0 aromatic heterocycles. The average Bonchev–Trinajstić information content (AvgIpc) is 3.13. The standard InChI is InChI=1S/C45H86NO8P/c1-6-8-10-12-14-16-18-20-21-22-23-24-26-28-30-32-34-36-38-45(48)54-43(42-53-55(49,50)52-40-39-46(3,4)5)41-51-44(47)37-35-33-31-29-27-25-19-17-15-13-11-9-7-2/h16,18,21-22,43H,6-15,17,19-20,23-42H2,1-5H3/b18-16-,22-21-. The Balaban J connectivity index is 4.34. The first-order valence-electron chi connectivity index (χ1n) is 22.5. The van der Waals surface area contributed by atoms with Crippen molar-refractivity contribution in [2.75, 3.05) is 47.5 Å². The second kappa shape index (κ2) is 38.0. The lowest BCUT2D eigenvalue weighted by molar-refractivity contribution is -0.870. The van der Waals surface area contributed by atoms with Crippen molar-refractivity contribution in [2.45, 2.75) is 206 Å². The first-order valence-corrected chi connectivity index (χ1v) is 24.0. The normalized spacial score (nSPS) is 13.8. The smallest absolute Gasteiger partial charge is 0.306 e. The molecule has 0 N–H and O–H groups in total. The van der Waals surface area contributed by atoms with E-state index in [0.717, 1.165) is 51.4 Å². The van der Waals surface area contributed by atoms with Gasteiger partial charge in [-0.3, -0.25) is 14.2 Å². The number of hydrogen-bond donors (Lipinski definition) is 0. The Morgan fingerprint density at radius 2 is 0.982 bits per heavy atom. The fourth-order valence-electron chi connectivity index (χ4n) is 6.16. The lowest BCUT2D eigenvalue weighted by Crippen LogP contribution is -2.37. The Bertz CT molecular complexity index is 996. The zero-order valence-corrected chi connectivity index (χ0v) is 37.3. The number of phosphoric acid groups is 1. The third-order valence-electron chi connectivity index (χ3n) is 9.72. The fraction of sp³-hybridized carbons (Fsp3) is 0.867. The summed E-state index contributed by atoms with van der Waals surface area (Å²) in [5.74, 6) is -0.837. The zero-order valence-electron chi connectivity index (χ0n) is 36.4. The molecule has 0 bridgehead atoms. The van der Waals surface area contributed by atoms with Crippen LogP contribution in [0.1, 0.15) is 200 Å². The van der Waals surface area contributed by atoms with Crippen LogP contribution in [0.25, 0.3) is 0 Å². The van der Waals surface area contributed by atoms with Gasteiger partial charge in [0, 0.05) is 12.8 Å². The van der Waals surface area contributed by atoms with Gasteiger partial charge in [0.2, 0.25) is 0 Å². The molecule has 0 amide bonds. The van der Waals surface area contributed by atoms with Crippen LogP contribution in [0.15, 0.2) is 24.3 Å². The summed E-state index contributed by atoms with van der Waals surface area (Å²) in [6.07, 6.45) is 40.5. The summed E-state index contributed by atoms with van der Waals surface area (Å²) < 4.78 is 33.9. The van der Waals surface area contributed by atoms with E-state index >= 15 is 0 Å². The maximum absolute atomic E-state index is 12.7. The number of carbonyl (C=O) groups excluding carboxylic acids is 2. The summed E-state index contributed by atoms with van der Waals surface area (Å²) in [4.78, 5) is 37.5. The van der Waals surface area contributed by atoms with Crippen LogP contribution in [0.4, 0.5) is 0 Å². The predicted octanol–water partition coefficient (Wildman–Crippen LogP) is 12.1. The molecular formula is C45H86NO8P. The van der Waals surface area contributed by atoms with Gasteiger partial charge in [0.25, 0.3) is 7.82 Å². The van der Waals surface area contributed by atoms with Gasteiger partial charge in [-0.2, -0.15) is 0 Å². The molecule has 0 radical (unpaired) electrons. The summed E-state index contributed by atoms with van der Waals surface area (Å²) in [7, 11) is 1.16. The van der Waals surface area contributed by atoms with Gasteiger partial charge < -0.3 is 27.9 Å². The van der Waals surface area contributed by atoms with Gasteiger partial charge in [0.05, 0.1) is 27.7 Å². The van der Waals surface area contributed by atoms with Crippen LogP contribution >= 0.6 is 7.82 Å². The van der Waals surface area contributed by atoms with E-state index in [2.05, 4.69) is 38.2 Å². The van der Waals surface area contributed by atoms with E-state index in [4.69, 9.17) is 18.5 Å². The second-order valence-electron chi connectivity index (χ2n) is 16.4. The molecule has 0 aromatic carbocycles. The predicted molar refractivity (Wildman–Crippen MR) is 227 cm³/mol. The molecule has 0 aliphatic heterocycles. The number of likely N-dealkylation sites (N-methyl/N-ethyl adjacent to an activating group) is 1. The summed E-state index contributed by atoms with van der Waals surface area (Å²) in [6.45, 7) is 4.21. The van der Waals surface area contributed by atoms with Crippen molar-refractivity contribution in [3.8, 4) is 0 Å². The van der Waals surface area contributed by atoms with Crippen LogP contribution in [0, 0.1) is 0 Å². The molecule has 324 valence electrons. The van der Waals surface area contributed by atoms with Crippen molar-refractivity contribution in [2.24, 2.45) is 0 Å². The molecule has 2 atom stereocenters. The third kappa shape index (κ3) is 41.9. The fourth-order valence-corrected chi connectivity index (χ4v) is 6.88. The number of quaternary nitrogens is 1. The minimum Gasteiger partial charge on any atom is -0.756 e. The number of esters is 2. The largest absolute Gasteiger partial charge is 0.756 e. The van der Waals surface area contributed by atoms with Gasteiger partial charge in [-0.1, -0.05) is 167 Å². The molecule has 0 fully saturated rings. The number of unbranched alkanes of at least 4 members (excludes halogenated alkanes) is 23. The van der Waals surface area contributed by atoms with E-state index in [-0.39, 0.29) is 32.0 Å². The van der Waals surface area contributed by atoms with Gasteiger partial charge in [0.1, 0.15) is 19.8 Å². The molecule has 0 saturated heterocycles. The molecule has 10 heteroatoms. The van der Waals surface area contributed by atoms with Gasteiger partial charge in [-0.15, -0.1) is 0 Å². The lowest BCUT2D eigenvalue weighted by Gasteiger charge is -2.28. The molecule has 55 heavy (non-hydrogen) atoms. The number of ether oxygens (including phenoxy) is 2. The molecule has 0 aromatic rings. The highest BCUT2D eigenvalue weighted by molar-refractivity contribution is 7.45. The Hall–Kier alpha value is -1.51. The van der Waals surface area contributed by atoms with E-state index < -0.39 is 26.5 Å². The van der Waals surface area contributed by atoms with E-state index in [1.165, 1.54) is 116 Å². The summed E-state index contributed by atoms with van der Waals surface area (Å²) in [5, 5.41) is 0. The van der Waals surface area contributed by atoms with Crippen molar-refractivity contribution < 1.29 is 42.1 Å². The Morgan fingerprint density at radius 3 is 1.45 bits per heavy atom. The van der Waals surface area contributed by atoms with Crippen molar-refractivity contribution >= 4 is 19.8 Å². The quantitative estimate of drug-likeness (QED) is 0.0198. The van der Waals surface area contributed by atoms with Crippen LogP contribution in [-0.2, 0) is 32.7 Å². The van der Waals surface area contributed by atoms with Crippen LogP contribution < -0.4 is 4.89 Å². The first-order chi connectivity index (χ1) is 26.5. The van der Waals surface area contributed by atoms with Gasteiger partial charge in [-0.05, 0) is 44.9 Å². The second-order valence-corrected chi connectivity index (χ2v) is 17.8. The average molecular weight is 800 g/mol. The monoisotopic (exact) mass is 800 g/mol. The highest BCUT2D eigenvalue weighted by Crippen LogP contribution is 2.38. The SMILES string of the molecule is CCCCCC/C=C\C/C=C\CCCCCCCCCC(=O)OC(COC(=O)CCCCCCCCCCCCCCC)COP(=O)([O-])OCC[N+](C)(C)C. The molecule has 0 aliphatic rings. The van der Waals surface area contributed by atoms with Crippen molar-refractivity contribution in [1.29, 1.82) is 0 Å². The van der Waals surface area contributed by atoms with Gasteiger partial charge in [-0.25, -0.2) is 0 Å². The van der Waals surface area contributed by atoms with Crippen molar-refractivity contribution in [1.82, 2.24) is 0 Å². The van der Waals surface area contributed by atoms with Crippen LogP contribution in [0.3, 0.4) is 0 Å². The first kappa shape index (κ1) is 53.5. The Labute approximate surface area is 339 Å². The van der Waals surface area contributed by atoms with Crippen molar-refractivity contribution in [3.05, 3.63) is 24.3 Å². The topological polar surface area (TPSA) is 111 Å². The van der Waals surface area contributed by atoms with E-state index in [1.807, 2.05) is 21.1 Å². The molecule has 0 heterocycles. The molecule has 0 saturated carbocycles. The number of carbonyl (C=O) groups is 2. The maximum Gasteiger partial charge on any atom is 0.306 e. The van der Waals surface area contributed by atoms with Crippen molar-refractivity contribution in [3.63, 3.8) is 0 Å². The number of rotatable bonds is 41. The zero-order chi connectivity index (χ0) is 40.7. The number of nitrogens with zero attached hydrogens (tertiary/aromatic N) is 1. The number of hydrogen-bond acceptors (Lipinski definition) is 8. The minimum atomic E-state index is -4.62. The Kier molecular flexibility index (Phi) is 37.0. The third-order valence-corrected chi connectivity index (χ3v) is 10.7. The van der Waals surface area contributed by atoms with E-state index in [9.17, 15) is 19.0 Å². The Morgan fingerprint density at radius 1 is 0.564 bits per heavy atom. The van der Waals surface area contributed by atoms with E-state index in [1.54, 1.807) is 0 Å². The van der Waals surface area contributed by atoms with Gasteiger partial charge in [0.15, 0.2) is 6.10 Å². The molecule has 0 spiro atoms. The van der Waals surface area contributed by atoms with E-state index in [0.29, 0.717) is 17.4 Å². The van der Waals surface area contributed by atoms with Crippen LogP contribution in [-0.4, -0.2) is 70.0 Å². The highest BCUT2D eigenvalue weighted by Gasteiger charge is 2.21. The molecule has 0 rings (SSSR count). The number of allylic oxidation sites excluding steroid dienone is 4. The van der Waals surface area contributed by atoms with Gasteiger partial charge >= 0.3 is 11.9 Å². The van der Waals surface area contributed by atoms with Crippen LogP contribution in [0.2, 0.25) is 0 Å². The molecule has 2 unspecified atom stereocenters. The van der Waals surface area contributed by atoms with Crippen LogP contribution in [0.5, 0.6) is 0 Å². The summed E-state index contributed by atoms with van der Waals surface area (Å²) in [6, 6.07) is 0. The molecule has 0 aliphatic carbocycles. The molecular weight excluding hydrogens is 713 g/mol. The summed E-state index contributed by atoms with van der Waals surface area (Å²) >= 11 is 0. The minimum absolute atomic E-state index is 0.0307. The lowest BCUT2D eigenvalue weighted by atomic mass is 10.0. The maximum atomic E-state index is 12.7.